The zero-order valence-electron chi connectivity index (χ0n) is 37.6. The predicted octanol–water partition coefficient (Wildman–Crippen LogP) is 15.5. The number of carbonyl (C=O) groups is 3. The number of carbonyl (C=O) groups excluding carboxylic acids is 3. The number of ether oxygens (including phenoxy) is 3. The van der Waals surface area contributed by atoms with Crippen molar-refractivity contribution in [2.75, 3.05) is 13.2 Å². The van der Waals surface area contributed by atoms with Gasteiger partial charge in [-0.3, -0.25) is 14.4 Å². The van der Waals surface area contributed by atoms with E-state index >= 15 is 0 Å². The Morgan fingerprint density at radius 2 is 0.684 bits per heavy atom. The summed E-state index contributed by atoms with van der Waals surface area (Å²) in [6.07, 6.45) is 54.5. The lowest BCUT2D eigenvalue weighted by molar-refractivity contribution is -0.167. The summed E-state index contributed by atoms with van der Waals surface area (Å²) >= 11 is 0. The van der Waals surface area contributed by atoms with E-state index in [0.29, 0.717) is 19.3 Å². The van der Waals surface area contributed by atoms with Gasteiger partial charge in [0.15, 0.2) is 6.10 Å². The van der Waals surface area contributed by atoms with E-state index in [2.05, 4.69) is 69.4 Å². The SMILES string of the molecule is CC/C=C\C/C=C\C/C=C\C/C=C\CCCCCCCCCCCCCCCCC(=O)OCC(COC(=O)CCCCCCCC)OC(=O)CCCCCCCC. The third kappa shape index (κ3) is 44.3. The fourth-order valence-corrected chi connectivity index (χ4v) is 6.73. The molecule has 57 heavy (non-hydrogen) atoms. The fourth-order valence-electron chi connectivity index (χ4n) is 6.73. The van der Waals surface area contributed by atoms with Crippen molar-refractivity contribution in [3.05, 3.63) is 48.6 Å². The lowest BCUT2D eigenvalue weighted by atomic mass is 10.0. The van der Waals surface area contributed by atoms with Crippen LogP contribution in [0.4, 0.5) is 0 Å². The van der Waals surface area contributed by atoms with Gasteiger partial charge in [-0.1, -0.05) is 211 Å². The van der Waals surface area contributed by atoms with Crippen LogP contribution in [0.1, 0.15) is 239 Å². The lowest BCUT2D eigenvalue weighted by Gasteiger charge is -2.18. The standard InChI is InChI=1S/C51H90O6/c1-4-7-10-13-16-17-18-19-20-21-22-23-24-25-26-27-28-29-30-31-32-33-34-35-36-39-41-44-50(53)56-47-48(57-51(54)45-42-38-15-12-9-6-3)46-55-49(52)43-40-37-14-11-8-5-2/h7,10,16-17,19-20,22-23,48H,4-6,8-9,11-15,18,21,24-47H2,1-3H3/b10-7-,17-16-,20-19-,23-22-. The maximum absolute atomic E-state index is 12.5. The van der Waals surface area contributed by atoms with Gasteiger partial charge in [-0.05, 0) is 57.8 Å². The molecule has 0 aliphatic heterocycles. The summed E-state index contributed by atoms with van der Waals surface area (Å²) in [5, 5.41) is 0. The van der Waals surface area contributed by atoms with Gasteiger partial charge < -0.3 is 14.2 Å². The van der Waals surface area contributed by atoms with Gasteiger partial charge in [-0.15, -0.1) is 0 Å². The van der Waals surface area contributed by atoms with Crippen molar-refractivity contribution in [3.63, 3.8) is 0 Å². The number of esters is 3. The van der Waals surface area contributed by atoms with E-state index in [1.807, 2.05) is 0 Å². The molecule has 0 aromatic carbocycles. The Bertz CT molecular complexity index is 1010. The van der Waals surface area contributed by atoms with Crippen molar-refractivity contribution in [3.8, 4) is 0 Å². The Balaban J connectivity index is 3.91. The van der Waals surface area contributed by atoms with Crippen molar-refractivity contribution >= 4 is 17.9 Å². The first kappa shape index (κ1) is 54.4. The molecule has 0 heterocycles. The molecule has 0 aliphatic rings. The van der Waals surface area contributed by atoms with Gasteiger partial charge in [0.1, 0.15) is 13.2 Å². The molecule has 0 saturated heterocycles. The Morgan fingerprint density at radius 1 is 0.368 bits per heavy atom. The van der Waals surface area contributed by atoms with Crippen molar-refractivity contribution in [2.24, 2.45) is 0 Å². The molecule has 6 nitrogen and oxygen atoms in total. The monoisotopic (exact) mass is 799 g/mol. The van der Waals surface area contributed by atoms with Crippen LogP contribution in [0.2, 0.25) is 0 Å². The van der Waals surface area contributed by atoms with Crippen LogP contribution < -0.4 is 0 Å². The molecule has 0 saturated carbocycles. The van der Waals surface area contributed by atoms with Gasteiger partial charge in [0, 0.05) is 19.3 Å². The molecule has 0 rings (SSSR count). The topological polar surface area (TPSA) is 78.9 Å². The van der Waals surface area contributed by atoms with Crippen LogP contribution in [0.15, 0.2) is 48.6 Å². The highest BCUT2D eigenvalue weighted by atomic mass is 16.6. The molecule has 1 atom stereocenters. The number of hydrogen-bond acceptors (Lipinski definition) is 6. The van der Waals surface area contributed by atoms with Crippen LogP contribution in [-0.2, 0) is 28.6 Å². The summed E-state index contributed by atoms with van der Waals surface area (Å²) in [6.45, 7) is 6.40. The largest absolute Gasteiger partial charge is 0.462 e. The molecule has 0 bridgehead atoms. The lowest BCUT2D eigenvalue weighted by Crippen LogP contribution is -2.30. The van der Waals surface area contributed by atoms with Crippen LogP contribution in [0.5, 0.6) is 0 Å². The minimum Gasteiger partial charge on any atom is -0.462 e. The number of hydrogen-bond donors (Lipinski definition) is 0. The quantitative estimate of drug-likeness (QED) is 0.0265. The van der Waals surface area contributed by atoms with E-state index in [0.717, 1.165) is 83.5 Å². The molecular weight excluding hydrogens is 709 g/mol. The number of allylic oxidation sites excluding steroid dienone is 8. The minimum absolute atomic E-state index is 0.0714. The second-order valence-electron chi connectivity index (χ2n) is 16.0. The highest BCUT2D eigenvalue weighted by molar-refractivity contribution is 5.71. The van der Waals surface area contributed by atoms with E-state index in [9.17, 15) is 14.4 Å². The molecule has 0 fully saturated rings. The highest BCUT2D eigenvalue weighted by Gasteiger charge is 2.19. The van der Waals surface area contributed by atoms with Gasteiger partial charge in [0.2, 0.25) is 0 Å². The van der Waals surface area contributed by atoms with Crippen LogP contribution in [0.3, 0.4) is 0 Å². The first-order valence-electron chi connectivity index (χ1n) is 24.1. The summed E-state index contributed by atoms with van der Waals surface area (Å²) in [5.41, 5.74) is 0. The summed E-state index contributed by atoms with van der Waals surface area (Å²) in [4.78, 5) is 37.3. The second kappa shape index (κ2) is 46.1. The first-order chi connectivity index (χ1) is 28.0. The zero-order valence-corrected chi connectivity index (χ0v) is 37.6. The maximum atomic E-state index is 12.5. The van der Waals surface area contributed by atoms with Crippen LogP contribution in [0.25, 0.3) is 0 Å². The van der Waals surface area contributed by atoms with Crippen LogP contribution >= 0.6 is 0 Å². The summed E-state index contributed by atoms with van der Waals surface area (Å²) in [7, 11) is 0. The molecule has 1 unspecified atom stereocenters. The van der Waals surface area contributed by atoms with Crippen LogP contribution in [0, 0.1) is 0 Å². The van der Waals surface area contributed by atoms with Gasteiger partial charge >= 0.3 is 17.9 Å². The van der Waals surface area contributed by atoms with Gasteiger partial charge in [-0.2, -0.15) is 0 Å². The summed E-state index contributed by atoms with van der Waals surface area (Å²) in [5.74, 6) is -0.890. The second-order valence-corrected chi connectivity index (χ2v) is 16.0. The summed E-state index contributed by atoms with van der Waals surface area (Å²) < 4.78 is 16.5. The zero-order chi connectivity index (χ0) is 41.5. The molecular formula is C51H90O6. The fraction of sp³-hybridized carbons (Fsp3) is 0.784. The molecule has 0 radical (unpaired) electrons. The first-order valence-corrected chi connectivity index (χ1v) is 24.1. The Hall–Kier alpha value is -2.63. The number of unbranched alkanes of at least 4 members (excludes halogenated alkanes) is 24. The molecule has 0 spiro atoms. The average molecular weight is 799 g/mol. The smallest absolute Gasteiger partial charge is 0.306 e. The van der Waals surface area contributed by atoms with Crippen LogP contribution in [-0.4, -0.2) is 37.2 Å². The molecule has 0 aromatic rings. The molecule has 6 heteroatoms. The van der Waals surface area contributed by atoms with E-state index in [-0.39, 0.29) is 31.1 Å². The van der Waals surface area contributed by atoms with E-state index in [4.69, 9.17) is 14.2 Å². The van der Waals surface area contributed by atoms with E-state index < -0.39 is 6.10 Å². The Morgan fingerprint density at radius 3 is 1.07 bits per heavy atom. The van der Waals surface area contributed by atoms with Gasteiger partial charge in [0.05, 0.1) is 0 Å². The van der Waals surface area contributed by atoms with Gasteiger partial charge in [0.25, 0.3) is 0 Å². The maximum Gasteiger partial charge on any atom is 0.306 e. The minimum atomic E-state index is -0.762. The predicted molar refractivity (Wildman–Crippen MR) is 242 cm³/mol. The molecule has 0 amide bonds. The van der Waals surface area contributed by atoms with Crippen molar-refractivity contribution in [2.45, 2.75) is 245 Å². The van der Waals surface area contributed by atoms with Crippen molar-refractivity contribution in [1.82, 2.24) is 0 Å². The molecule has 0 N–H and O–H groups in total. The van der Waals surface area contributed by atoms with E-state index in [1.165, 1.54) is 116 Å². The third-order valence-corrected chi connectivity index (χ3v) is 10.3. The average Bonchev–Trinajstić information content (AvgIpc) is 3.21. The van der Waals surface area contributed by atoms with E-state index in [1.54, 1.807) is 0 Å². The van der Waals surface area contributed by atoms with Crippen molar-refractivity contribution in [1.29, 1.82) is 0 Å². The normalized spacial score (nSPS) is 12.4. The van der Waals surface area contributed by atoms with Crippen molar-refractivity contribution < 1.29 is 28.6 Å². The van der Waals surface area contributed by atoms with Gasteiger partial charge in [-0.25, -0.2) is 0 Å². The highest BCUT2D eigenvalue weighted by Crippen LogP contribution is 2.15. The Labute approximate surface area is 352 Å². The summed E-state index contributed by atoms with van der Waals surface area (Å²) in [6, 6.07) is 0. The number of rotatable bonds is 43. The Kier molecular flexibility index (Phi) is 43.9. The molecule has 0 aliphatic carbocycles. The molecule has 330 valence electrons. The molecule has 0 aromatic heterocycles. The third-order valence-electron chi connectivity index (χ3n) is 10.3.